The van der Waals surface area contributed by atoms with Gasteiger partial charge in [0.2, 0.25) is 0 Å². The lowest BCUT2D eigenvalue weighted by Crippen LogP contribution is -2.13. The normalized spacial score (nSPS) is 9.91. The SMILES string of the molecule is CSCCCNn1cccc1. The van der Waals surface area contributed by atoms with Gasteiger partial charge in [-0.15, -0.1) is 0 Å². The molecular weight excluding hydrogens is 156 g/mol. The Bertz CT molecular complexity index is 172. The summed E-state index contributed by atoms with van der Waals surface area (Å²) in [5, 5.41) is 0. The van der Waals surface area contributed by atoms with E-state index in [2.05, 4.69) is 11.7 Å². The van der Waals surface area contributed by atoms with Gasteiger partial charge in [-0.2, -0.15) is 11.8 Å². The highest BCUT2D eigenvalue weighted by Crippen LogP contribution is 1.94. The van der Waals surface area contributed by atoms with Crippen molar-refractivity contribution in [3.05, 3.63) is 24.5 Å². The van der Waals surface area contributed by atoms with Gasteiger partial charge >= 0.3 is 0 Å². The second-order valence-electron chi connectivity index (χ2n) is 2.34. The number of hydrogen-bond donors (Lipinski definition) is 1. The van der Waals surface area contributed by atoms with Crippen LogP contribution in [-0.4, -0.2) is 23.2 Å². The lowest BCUT2D eigenvalue weighted by molar-refractivity contribution is 0.817. The summed E-state index contributed by atoms with van der Waals surface area (Å²) in [5.74, 6) is 1.23. The second kappa shape index (κ2) is 5.13. The zero-order chi connectivity index (χ0) is 7.94. The summed E-state index contributed by atoms with van der Waals surface area (Å²) in [6.07, 6.45) is 7.38. The van der Waals surface area contributed by atoms with Crippen LogP contribution in [0.3, 0.4) is 0 Å². The van der Waals surface area contributed by atoms with E-state index in [1.807, 2.05) is 41.0 Å². The largest absolute Gasteiger partial charge is 0.326 e. The Morgan fingerprint density at radius 2 is 2.09 bits per heavy atom. The lowest BCUT2D eigenvalue weighted by Gasteiger charge is -2.05. The molecule has 0 amide bonds. The van der Waals surface area contributed by atoms with E-state index in [-0.39, 0.29) is 0 Å². The van der Waals surface area contributed by atoms with Crippen molar-refractivity contribution in [2.75, 3.05) is 24.0 Å². The van der Waals surface area contributed by atoms with Gasteiger partial charge in [0, 0.05) is 18.9 Å². The molecule has 1 aromatic rings. The molecule has 1 rings (SSSR count). The summed E-state index contributed by atoms with van der Waals surface area (Å²) in [7, 11) is 0. The van der Waals surface area contributed by atoms with E-state index in [1.54, 1.807) is 0 Å². The highest BCUT2D eigenvalue weighted by Gasteiger charge is 1.86. The van der Waals surface area contributed by atoms with E-state index in [4.69, 9.17) is 0 Å². The molecule has 1 N–H and O–H groups in total. The summed E-state index contributed by atoms with van der Waals surface area (Å²) >= 11 is 1.89. The predicted molar refractivity (Wildman–Crippen MR) is 51.7 cm³/mol. The van der Waals surface area contributed by atoms with Gasteiger partial charge < -0.3 is 5.43 Å². The molecule has 11 heavy (non-hydrogen) atoms. The van der Waals surface area contributed by atoms with Crippen LogP contribution in [0.25, 0.3) is 0 Å². The van der Waals surface area contributed by atoms with Crippen LogP contribution in [-0.2, 0) is 0 Å². The van der Waals surface area contributed by atoms with Crippen molar-refractivity contribution in [3.8, 4) is 0 Å². The zero-order valence-corrected chi connectivity index (χ0v) is 7.60. The highest BCUT2D eigenvalue weighted by molar-refractivity contribution is 7.98. The molecule has 1 aromatic heterocycles. The van der Waals surface area contributed by atoms with Gasteiger partial charge in [-0.3, -0.25) is 4.68 Å². The first kappa shape index (κ1) is 8.53. The number of nitrogens with zero attached hydrogens (tertiary/aromatic N) is 1. The van der Waals surface area contributed by atoms with E-state index in [0.717, 1.165) is 6.54 Å². The second-order valence-corrected chi connectivity index (χ2v) is 3.33. The van der Waals surface area contributed by atoms with Crippen LogP contribution < -0.4 is 5.43 Å². The molecule has 0 fully saturated rings. The fourth-order valence-corrected chi connectivity index (χ4v) is 1.30. The first-order valence-electron chi connectivity index (χ1n) is 3.79. The summed E-state index contributed by atoms with van der Waals surface area (Å²) in [6, 6.07) is 4.03. The van der Waals surface area contributed by atoms with Crippen LogP contribution in [0, 0.1) is 0 Å². The van der Waals surface area contributed by atoms with Crippen molar-refractivity contribution in [2.45, 2.75) is 6.42 Å². The lowest BCUT2D eigenvalue weighted by atomic mass is 10.5. The topological polar surface area (TPSA) is 17.0 Å². The molecule has 0 bridgehead atoms. The van der Waals surface area contributed by atoms with Crippen molar-refractivity contribution in [1.82, 2.24) is 4.68 Å². The van der Waals surface area contributed by atoms with Crippen molar-refractivity contribution in [3.63, 3.8) is 0 Å². The first-order valence-corrected chi connectivity index (χ1v) is 5.18. The minimum Gasteiger partial charge on any atom is -0.326 e. The monoisotopic (exact) mass is 170 g/mol. The first-order chi connectivity index (χ1) is 5.43. The molecule has 0 aliphatic carbocycles. The molecule has 0 aromatic carbocycles. The van der Waals surface area contributed by atoms with Gasteiger partial charge in [0.05, 0.1) is 0 Å². The van der Waals surface area contributed by atoms with Crippen molar-refractivity contribution < 1.29 is 0 Å². The van der Waals surface area contributed by atoms with Crippen molar-refractivity contribution >= 4 is 11.8 Å². The van der Waals surface area contributed by atoms with Gasteiger partial charge in [0.25, 0.3) is 0 Å². The number of nitrogens with one attached hydrogen (secondary N) is 1. The van der Waals surface area contributed by atoms with E-state index >= 15 is 0 Å². The third-order valence-electron chi connectivity index (χ3n) is 1.42. The maximum absolute atomic E-state index is 3.26. The summed E-state index contributed by atoms with van der Waals surface area (Å²) in [5.41, 5.74) is 3.26. The van der Waals surface area contributed by atoms with Crippen LogP contribution in [0.4, 0.5) is 0 Å². The van der Waals surface area contributed by atoms with E-state index < -0.39 is 0 Å². The van der Waals surface area contributed by atoms with Crippen LogP contribution in [0.5, 0.6) is 0 Å². The molecule has 0 aliphatic rings. The fraction of sp³-hybridized carbons (Fsp3) is 0.500. The van der Waals surface area contributed by atoms with Gasteiger partial charge in [-0.25, -0.2) is 0 Å². The number of aromatic nitrogens is 1. The Morgan fingerprint density at radius 1 is 1.36 bits per heavy atom. The molecule has 0 spiro atoms. The molecule has 1 heterocycles. The maximum atomic E-state index is 3.26. The van der Waals surface area contributed by atoms with E-state index in [9.17, 15) is 0 Å². The Hall–Kier alpha value is -0.570. The maximum Gasteiger partial charge on any atom is 0.0321 e. The molecule has 0 saturated heterocycles. The third kappa shape index (κ3) is 3.37. The van der Waals surface area contributed by atoms with Crippen LogP contribution in [0.15, 0.2) is 24.5 Å². The third-order valence-corrected chi connectivity index (χ3v) is 2.12. The quantitative estimate of drug-likeness (QED) is 0.678. The molecule has 0 unspecified atom stereocenters. The zero-order valence-electron chi connectivity index (χ0n) is 6.79. The molecule has 0 aliphatic heterocycles. The number of thioether (sulfide) groups is 1. The smallest absolute Gasteiger partial charge is 0.0321 e. The van der Waals surface area contributed by atoms with Gasteiger partial charge in [0.1, 0.15) is 0 Å². The van der Waals surface area contributed by atoms with Gasteiger partial charge in [-0.05, 0) is 30.6 Å². The highest BCUT2D eigenvalue weighted by atomic mass is 32.2. The fourth-order valence-electron chi connectivity index (χ4n) is 0.865. The van der Waals surface area contributed by atoms with Crippen molar-refractivity contribution in [2.24, 2.45) is 0 Å². The van der Waals surface area contributed by atoms with Gasteiger partial charge in [0.15, 0.2) is 0 Å². The standard InChI is InChI=1S/C8H14N2S/c1-11-8-4-5-9-10-6-2-3-7-10/h2-3,6-7,9H,4-5,8H2,1H3. The van der Waals surface area contributed by atoms with Crippen LogP contribution >= 0.6 is 11.8 Å². The van der Waals surface area contributed by atoms with Crippen LogP contribution in [0.1, 0.15) is 6.42 Å². The predicted octanol–water partition coefficient (Wildman–Crippen LogP) is 1.78. The minimum atomic E-state index is 1.05. The molecule has 3 heteroatoms. The van der Waals surface area contributed by atoms with Crippen LogP contribution in [0.2, 0.25) is 0 Å². The van der Waals surface area contributed by atoms with Crippen molar-refractivity contribution in [1.29, 1.82) is 0 Å². The van der Waals surface area contributed by atoms with E-state index in [0.29, 0.717) is 0 Å². The molecule has 2 nitrogen and oxygen atoms in total. The Balaban J connectivity index is 2.04. The molecule has 62 valence electrons. The summed E-state index contributed by atoms with van der Waals surface area (Å²) in [4.78, 5) is 0. The summed E-state index contributed by atoms with van der Waals surface area (Å²) in [6.45, 7) is 1.05. The molecule has 0 atom stereocenters. The average Bonchev–Trinajstić information content (AvgIpc) is 2.50. The molecular formula is C8H14N2S. The Kier molecular flexibility index (Phi) is 3.98. The Morgan fingerprint density at radius 3 is 2.73 bits per heavy atom. The van der Waals surface area contributed by atoms with Gasteiger partial charge in [-0.1, -0.05) is 0 Å². The van der Waals surface area contributed by atoms with E-state index in [1.165, 1.54) is 12.2 Å². The number of rotatable bonds is 5. The Labute approximate surface area is 72.0 Å². The minimum absolute atomic E-state index is 1.05. The molecule has 0 radical (unpaired) electrons. The average molecular weight is 170 g/mol. The number of hydrogen-bond acceptors (Lipinski definition) is 2. The molecule has 0 saturated carbocycles. The summed E-state index contributed by atoms with van der Waals surface area (Å²) < 4.78 is 1.99.